The third kappa shape index (κ3) is 4.34. The predicted molar refractivity (Wildman–Crippen MR) is 82.8 cm³/mol. The zero-order valence-corrected chi connectivity index (χ0v) is 12.4. The normalized spacial score (nSPS) is 22.5. The number of hydrogen-bond donors (Lipinski definition) is 2. The summed E-state index contributed by atoms with van der Waals surface area (Å²) in [6.45, 7) is 2.19. The molecule has 1 aliphatic rings. The Morgan fingerprint density at radius 1 is 1.20 bits per heavy atom. The van der Waals surface area contributed by atoms with Crippen LogP contribution in [0.5, 0.6) is 0 Å². The average molecular weight is 274 g/mol. The highest BCUT2D eigenvalue weighted by Crippen LogP contribution is 2.17. The fourth-order valence-electron chi connectivity index (χ4n) is 2.74. The number of aryl methyl sites for hydroxylation is 1. The van der Waals surface area contributed by atoms with Crippen LogP contribution < -0.4 is 11.1 Å². The van der Waals surface area contributed by atoms with Gasteiger partial charge in [0.25, 0.3) is 5.91 Å². The molecule has 1 aromatic carbocycles. The number of nitrogens with two attached hydrogens (primary N) is 1. The van der Waals surface area contributed by atoms with E-state index in [1.807, 2.05) is 12.1 Å². The van der Waals surface area contributed by atoms with Gasteiger partial charge in [0.15, 0.2) is 0 Å². The van der Waals surface area contributed by atoms with Gasteiger partial charge in [-0.25, -0.2) is 0 Å². The first-order valence-corrected chi connectivity index (χ1v) is 7.84. The molecule has 0 aliphatic heterocycles. The monoisotopic (exact) mass is 274 g/mol. The lowest BCUT2D eigenvalue weighted by atomic mass is 9.91. The van der Waals surface area contributed by atoms with Gasteiger partial charge in [0.05, 0.1) is 0 Å². The Labute approximate surface area is 121 Å². The predicted octanol–water partition coefficient (Wildman–Crippen LogP) is 3.03. The van der Waals surface area contributed by atoms with E-state index in [1.165, 1.54) is 18.4 Å². The summed E-state index contributed by atoms with van der Waals surface area (Å²) in [5, 5.41) is 3.12. The van der Waals surface area contributed by atoms with Crippen molar-refractivity contribution in [3.63, 3.8) is 0 Å². The van der Waals surface area contributed by atoms with Gasteiger partial charge in [-0.1, -0.05) is 25.5 Å². The first kappa shape index (κ1) is 15.0. The van der Waals surface area contributed by atoms with Crippen LogP contribution >= 0.6 is 0 Å². The van der Waals surface area contributed by atoms with Gasteiger partial charge in [-0.3, -0.25) is 4.79 Å². The van der Waals surface area contributed by atoms with Gasteiger partial charge in [0.2, 0.25) is 0 Å². The fourth-order valence-corrected chi connectivity index (χ4v) is 2.74. The third-order valence-corrected chi connectivity index (χ3v) is 4.14. The molecule has 1 saturated carbocycles. The van der Waals surface area contributed by atoms with Crippen LogP contribution in [-0.4, -0.2) is 18.0 Å². The highest BCUT2D eigenvalue weighted by atomic mass is 16.1. The van der Waals surface area contributed by atoms with Gasteiger partial charge in [-0.05, 0) is 56.2 Å². The summed E-state index contributed by atoms with van der Waals surface area (Å²) >= 11 is 0. The number of rotatable bonds is 5. The standard InChI is InChI=1S/C17H26N2O/c1-2-3-4-13-5-7-14(8-6-13)17(20)19-16-11-9-15(18)10-12-16/h5-8,15-16H,2-4,9-12,18H2,1H3,(H,19,20). The minimum Gasteiger partial charge on any atom is -0.349 e. The Hall–Kier alpha value is -1.35. The maximum absolute atomic E-state index is 12.2. The molecule has 1 amide bonds. The molecule has 1 fully saturated rings. The summed E-state index contributed by atoms with van der Waals surface area (Å²) in [6, 6.07) is 8.63. The van der Waals surface area contributed by atoms with Crippen LogP contribution in [0, 0.1) is 0 Å². The molecule has 2 rings (SSSR count). The topological polar surface area (TPSA) is 55.1 Å². The van der Waals surface area contributed by atoms with Crippen LogP contribution in [0.1, 0.15) is 61.4 Å². The Morgan fingerprint density at radius 2 is 1.85 bits per heavy atom. The molecule has 3 N–H and O–H groups in total. The Morgan fingerprint density at radius 3 is 2.45 bits per heavy atom. The van der Waals surface area contributed by atoms with Crippen molar-refractivity contribution in [3.05, 3.63) is 35.4 Å². The third-order valence-electron chi connectivity index (χ3n) is 4.14. The molecule has 0 radical (unpaired) electrons. The van der Waals surface area contributed by atoms with Crippen molar-refractivity contribution in [3.8, 4) is 0 Å². The van der Waals surface area contributed by atoms with Crippen LogP contribution in [0.15, 0.2) is 24.3 Å². The Balaban J connectivity index is 1.85. The SMILES string of the molecule is CCCCc1ccc(C(=O)NC2CCC(N)CC2)cc1. The molecular weight excluding hydrogens is 248 g/mol. The van der Waals surface area contributed by atoms with Crippen LogP contribution in [0.4, 0.5) is 0 Å². The van der Waals surface area contributed by atoms with Crippen molar-refractivity contribution in [1.29, 1.82) is 0 Å². The first-order valence-electron chi connectivity index (χ1n) is 7.84. The highest BCUT2D eigenvalue weighted by molar-refractivity contribution is 5.94. The van der Waals surface area contributed by atoms with Crippen molar-refractivity contribution in [2.24, 2.45) is 5.73 Å². The lowest BCUT2D eigenvalue weighted by molar-refractivity contribution is 0.0926. The molecule has 20 heavy (non-hydrogen) atoms. The molecule has 1 aromatic rings. The molecule has 1 aliphatic carbocycles. The zero-order valence-electron chi connectivity index (χ0n) is 12.4. The second kappa shape index (κ2) is 7.44. The van der Waals surface area contributed by atoms with E-state index in [0.29, 0.717) is 12.1 Å². The smallest absolute Gasteiger partial charge is 0.251 e. The maximum Gasteiger partial charge on any atom is 0.251 e. The first-order chi connectivity index (χ1) is 9.69. The van der Waals surface area contributed by atoms with Crippen LogP contribution in [0.25, 0.3) is 0 Å². The van der Waals surface area contributed by atoms with Crippen LogP contribution in [-0.2, 0) is 6.42 Å². The van der Waals surface area contributed by atoms with Gasteiger partial charge in [0, 0.05) is 17.6 Å². The summed E-state index contributed by atoms with van der Waals surface area (Å²) in [6.07, 6.45) is 7.53. The van der Waals surface area contributed by atoms with Crippen molar-refractivity contribution < 1.29 is 4.79 Å². The molecule has 0 aromatic heterocycles. The fraction of sp³-hybridized carbons (Fsp3) is 0.588. The second-order valence-electron chi connectivity index (χ2n) is 5.89. The van der Waals surface area contributed by atoms with Gasteiger partial charge in [-0.15, -0.1) is 0 Å². The van der Waals surface area contributed by atoms with Crippen molar-refractivity contribution in [2.45, 2.75) is 64.0 Å². The van der Waals surface area contributed by atoms with E-state index < -0.39 is 0 Å². The number of amides is 1. The summed E-state index contributed by atoms with van der Waals surface area (Å²) in [5.74, 6) is 0.0486. The van der Waals surface area contributed by atoms with Crippen molar-refractivity contribution in [1.82, 2.24) is 5.32 Å². The highest BCUT2D eigenvalue weighted by Gasteiger charge is 2.20. The molecular formula is C17H26N2O. The quantitative estimate of drug-likeness (QED) is 0.867. The molecule has 0 unspecified atom stereocenters. The van der Waals surface area contributed by atoms with Crippen molar-refractivity contribution >= 4 is 5.91 Å². The largest absolute Gasteiger partial charge is 0.349 e. The number of carbonyl (C=O) groups excluding carboxylic acids is 1. The van der Waals surface area contributed by atoms with Crippen LogP contribution in [0.2, 0.25) is 0 Å². The van der Waals surface area contributed by atoms with E-state index in [1.54, 1.807) is 0 Å². The van der Waals surface area contributed by atoms with Gasteiger partial charge in [-0.2, -0.15) is 0 Å². The van der Waals surface area contributed by atoms with E-state index >= 15 is 0 Å². The minimum absolute atomic E-state index is 0.0486. The number of hydrogen-bond acceptors (Lipinski definition) is 2. The van der Waals surface area contributed by atoms with E-state index in [0.717, 1.165) is 37.7 Å². The van der Waals surface area contributed by atoms with E-state index in [9.17, 15) is 4.79 Å². The second-order valence-corrected chi connectivity index (χ2v) is 5.89. The number of benzene rings is 1. The molecule has 0 atom stereocenters. The molecule has 0 bridgehead atoms. The Bertz CT molecular complexity index is 419. The van der Waals surface area contributed by atoms with E-state index in [4.69, 9.17) is 5.73 Å². The molecule has 0 spiro atoms. The van der Waals surface area contributed by atoms with Crippen molar-refractivity contribution in [2.75, 3.05) is 0 Å². The lowest BCUT2D eigenvalue weighted by Gasteiger charge is -2.26. The summed E-state index contributed by atoms with van der Waals surface area (Å²) in [5.41, 5.74) is 7.96. The maximum atomic E-state index is 12.2. The summed E-state index contributed by atoms with van der Waals surface area (Å²) in [4.78, 5) is 12.2. The van der Waals surface area contributed by atoms with E-state index in [-0.39, 0.29) is 5.91 Å². The number of unbranched alkanes of at least 4 members (excludes halogenated alkanes) is 1. The molecule has 0 saturated heterocycles. The lowest BCUT2D eigenvalue weighted by Crippen LogP contribution is -2.40. The van der Waals surface area contributed by atoms with Crippen LogP contribution in [0.3, 0.4) is 0 Å². The van der Waals surface area contributed by atoms with Gasteiger partial charge in [0.1, 0.15) is 0 Å². The van der Waals surface area contributed by atoms with E-state index in [2.05, 4.69) is 24.4 Å². The Kier molecular flexibility index (Phi) is 5.60. The average Bonchev–Trinajstić information content (AvgIpc) is 2.48. The summed E-state index contributed by atoms with van der Waals surface area (Å²) in [7, 11) is 0. The number of carbonyl (C=O) groups is 1. The molecule has 3 heteroatoms. The molecule has 3 nitrogen and oxygen atoms in total. The minimum atomic E-state index is 0.0486. The molecule has 110 valence electrons. The van der Waals surface area contributed by atoms with Gasteiger partial charge >= 0.3 is 0 Å². The van der Waals surface area contributed by atoms with Gasteiger partial charge < -0.3 is 11.1 Å². The number of nitrogens with one attached hydrogen (secondary N) is 1. The summed E-state index contributed by atoms with van der Waals surface area (Å²) < 4.78 is 0. The molecule has 0 heterocycles. The zero-order chi connectivity index (χ0) is 14.4.